The third kappa shape index (κ3) is 3.10. The lowest BCUT2D eigenvalue weighted by molar-refractivity contribution is 0.263. The molecule has 7 nitrogen and oxygen atoms in total. The number of nitrogens with zero attached hydrogens (tertiary/aromatic N) is 6. The Balaban J connectivity index is 1.87. The predicted octanol–water partition coefficient (Wildman–Crippen LogP) is 5.10. The van der Waals surface area contributed by atoms with Gasteiger partial charge in [-0.3, -0.25) is 0 Å². The van der Waals surface area contributed by atoms with Crippen molar-refractivity contribution in [2.45, 2.75) is 59.5 Å². The van der Waals surface area contributed by atoms with Crippen LogP contribution in [0.1, 0.15) is 66.2 Å². The predicted molar refractivity (Wildman–Crippen MR) is 112 cm³/mol. The van der Waals surface area contributed by atoms with Crippen LogP contribution in [-0.2, 0) is 0 Å². The number of hydrogen-bond acceptors (Lipinski definition) is 7. The Hall–Kier alpha value is -2.32. The maximum atomic E-state index is 4.95. The molecule has 1 unspecified atom stereocenters. The molecule has 0 bridgehead atoms. The molecule has 0 aromatic carbocycles. The summed E-state index contributed by atoms with van der Waals surface area (Å²) in [7, 11) is 1.85. The molecule has 0 radical (unpaired) electrons. The van der Waals surface area contributed by atoms with Crippen LogP contribution in [0.3, 0.4) is 0 Å². The quantitative estimate of drug-likeness (QED) is 0.650. The van der Waals surface area contributed by atoms with Crippen molar-refractivity contribution in [2.75, 3.05) is 7.05 Å². The fourth-order valence-corrected chi connectivity index (χ4v) is 5.16. The molecule has 0 amide bonds. The molecule has 0 saturated carbocycles. The Bertz CT molecular complexity index is 1040. The molecule has 0 spiro atoms. The maximum Gasteiger partial charge on any atom is 0.175 e. The molecule has 1 aliphatic heterocycles. The van der Waals surface area contributed by atoms with Crippen LogP contribution >= 0.6 is 11.3 Å². The second kappa shape index (κ2) is 7.25. The molecule has 148 valence electrons. The van der Waals surface area contributed by atoms with Gasteiger partial charge in [-0.25, -0.2) is 14.6 Å². The third-order valence-electron chi connectivity index (χ3n) is 5.37. The number of rotatable bonds is 5. The zero-order valence-electron chi connectivity index (χ0n) is 17.3. The molecule has 3 aromatic rings. The van der Waals surface area contributed by atoms with Crippen LogP contribution in [0.25, 0.3) is 16.2 Å². The monoisotopic (exact) mass is 397 g/mol. The van der Waals surface area contributed by atoms with E-state index in [1.165, 1.54) is 16.0 Å². The number of hydrazine groups is 1. The zero-order valence-corrected chi connectivity index (χ0v) is 18.1. The topological polar surface area (TPSA) is 70.2 Å². The largest absolute Gasteiger partial charge is 0.231 e. The number of fused-ring (bicyclic) bond motifs is 1. The van der Waals surface area contributed by atoms with Gasteiger partial charge in [-0.15, -0.1) is 16.5 Å². The minimum Gasteiger partial charge on any atom is -0.231 e. The molecular weight excluding hydrogens is 370 g/mol. The number of nitrogens with one attached hydrogen (secondary N) is 1. The number of aryl methyl sites for hydroxylation is 3. The molecule has 4 heterocycles. The zero-order chi connectivity index (χ0) is 20.0. The van der Waals surface area contributed by atoms with E-state index in [2.05, 4.69) is 67.0 Å². The summed E-state index contributed by atoms with van der Waals surface area (Å²) < 4.78 is 2.05. The van der Waals surface area contributed by atoms with Crippen molar-refractivity contribution in [1.29, 1.82) is 0 Å². The Morgan fingerprint density at radius 1 is 1.18 bits per heavy atom. The summed E-state index contributed by atoms with van der Waals surface area (Å²) in [5.74, 6) is 0.498. The van der Waals surface area contributed by atoms with E-state index in [-0.39, 0.29) is 6.17 Å². The molecule has 0 saturated heterocycles. The SMILES string of the molecule is CCC(CC)c1cc(C)nn2c(-c3sc(C4N=NN(C)N4)cc3C)c(C)nc12. The van der Waals surface area contributed by atoms with E-state index < -0.39 is 0 Å². The summed E-state index contributed by atoms with van der Waals surface area (Å²) in [6, 6.07) is 4.39. The summed E-state index contributed by atoms with van der Waals surface area (Å²) in [6.07, 6.45) is 2.08. The van der Waals surface area contributed by atoms with Crippen LogP contribution in [0.5, 0.6) is 0 Å². The first kappa shape index (κ1) is 19.0. The van der Waals surface area contributed by atoms with Crippen LogP contribution in [0.2, 0.25) is 0 Å². The average molecular weight is 398 g/mol. The highest BCUT2D eigenvalue weighted by Crippen LogP contribution is 2.39. The molecule has 4 rings (SSSR count). The van der Waals surface area contributed by atoms with Gasteiger partial charge in [0, 0.05) is 17.5 Å². The standard InChI is InChI=1S/C20H27N7S/c1-7-14(8-2)15-10-12(4)23-27-17(13(5)21-20(15)27)18-11(3)9-16(28-18)19-22-25-26(6)24-19/h9-10,14,19,24H,7-8H2,1-6H3. The van der Waals surface area contributed by atoms with Crippen molar-refractivity contribution in [1.82, 2.24) is 25.1 Å². The van der Waals surface area contributed by atoms with Gasteiger partial charge < -0.3 is 0 Å². The number of hydrogen-bond donors (Lipinski definition) is 1. The minimum atomic E-state index is -0.128. The molecule has 3 aromatic heterocycles. The second-order valence-corrected chi connectivity index (χ2v) is 8.54. The summed E-state index contributed by atoms with van der Waals surface area (Å²) in [5.41, 5.74) is 9.85. The van der Waals surface area contributed by atoms with Crippen LogP contribution in [-0.4, -0.2) is 26.8 Å². The molecular formula is C20H27N7S. The van der Waals surface area contributed by atoms with Gasteiger partial charge in [-0.2, -0.15) is 10.5 Å². The molecule has 8 heteroatoms. The third-order valence-corrected chi connectivity index (χ3v) is 6.66. The van der Waals surface area contributed by atoms with Crippen molar-refractivity contribution in [2.24, 2.45) is 10.3 Å². The van der Waals surface area contributed by atoms with E-state index in [1.807, 2.05) is 7.05 Å². The lowest BCUT2D eigenvalue weighted by atomic mass is 9.95. The van der Waals surface area contributed by atoms with Crippen LogP contribution in [0.4, 0.5) is 0 Å². The lowest BCUT2D eigenvalue weighted by Crippen LogP contribution is -2.26. The van der Waals surface area contributed by atoms with E-state index >= 15 is 0 Å². The van der Waals surface area contributed by atoms with E-state index in [9.17, 15) is 0 Å². The van der Waals surface area contributed by atoms with Gasteiger partial charge in [-0.1, -0.05) is 19.1 Å². The highest BCUT2D eigenvalue weighted by Gasteiger charge is 2.25. The first-order valence-electron chi connectivity index (χ1n) is 9.81. The number of thiophene rings is 1. The van der Waals surface area contributed by atoms with Gasteiger partial charge in [0.05, 0.1) is 16.3 Å². The van der Waals surface area contributed by atoms with E-state index in [0.717, 1.165) is 40.4 Å². The molecule has 28 heavy (non-hydrogen) atoms. The van der Waals surface area contributed by atoms with Gasteiger partial charge in [0.25, 0.3) is 0 Å². The maximum absolute atomic E-state index is 4.95. The fraction of sp³-hybridized carbons (Fsp3) is 0.500. The van der Waals surface area contributed by atoms with Crippen LogP contribution < -0.4 is 5.43 Å². The first-order chi connectivity index (χ1) is 13.4. The van der Waals surface area contributed by atoms with Gasteiger partial charge in [-0.05, 0) is 57.2 Å². The first-order valence-corrected chi connectivity index (χ1v) is 10.6. The smallest absolute Gasteiger partial charge is 0.175 e. The Kier molecular flexibility index (Phi) is 4.93. The summed E-state index contributed by atoms with van der Waals surface area (Å²) in [6.45, 7) is 10.8. The van der Waals surface area contributed by atoms with Gasteiger partial charge in [0.15, 0.2) is 11.8 Å². The van der Waals surface area contributed by atoms with Crippen molar-refractivity contribution >= 4 is 17.0 Å². The summed E-state index contributed by atoms with van der Waals surface area (Å²) in [5, 5.41) is 14.8. The van der Waals surface area contributed by atoms with E-state index in [1.54, 1.807) is 16.5 Å². The second-order valence-electron chi connectivity index (χ2n) is 7.46. The Morgan fingerprint density at radius 2 is 1.93 bits per heavy atom. The van der Waals surface area contributed by atoms with Crippen molar-refractivity contribution < 1.29 is 0 Å². The van der Waals surface area contributed by atoms with Crippen LogP contribution in [0, 0.1) is 20.8 Å². The number of imidazole rings is 1. The molecule has 0 fully saturated rings. The van der Waals surface area contributed by atoms with Crippen molar-refractivity contribution in [3.05, 3.63) is 39.5 Å². The van der Waals surface area contributed by atoms with Gasteiger partial charge in [0.2, 0.25) is 0 Å². The molecule has 1 N–H and O–H groups in total. The molecule has 1 atom stereocenters. The highest BCUT2D eigenvalue weighted by molar-refractivity contribution is 7.15. The Morgan fingerprint density at radius 3 is 2.57 bits per heavy atom. The van der Waals surface area contributed by atoms with E-state index in [0.29, 0.717) is 5.92 Å². The van der Waals surface area contributed by atoms with Crippen molar-refractivity contribution in [3.63, 3.8) is 0 Å². The minimum absolute atomic E-state index is 0.128. The highest BCUT2D eigenvalue weighted by atomic mass is 32.1. The average Bonchev–Trinajstić information content (AvgIpc) is 3.33. The normalized spacial score (nSPS) is 16.8. The number of aromatic nitrogens is 3. The lowest BCUT2D eigenvalue weighted by Gasteiger charge is -2.14. The summed E-state index contributed by atoms with van der Waals surface area (Å²) in [4.78, 5) is 7.28. The van der Waals surface area contributed by atoms with Crippen LogP contribution in [0.15, 0.2) is 22.5 Å². The Labute approximate surface area is 169 Å². The fourth-order valence-electron chi connectivity index (χ4n) is 3.92. The summed E-state index contributed by atoms with van der Waals surface area (Å²) >= 11 is 1.73. The molecule has 0 aliphatic carbocycles. The van der Waals surface area contributed by atoms with Crippen molar-refractivity contribution in [3.8, 4) is 10.6 Å². The van der Waals surface area contributed by atoms with Gasteiger partial charge in [0.1, 0.15) is 5.69 Å². The van der Waals surface area contributed by atoms with Gasteiger partial charge >= 0.3 is 0 Å². The molecule has 1 aliphatic rings. The van der Waals surface area contributed by atoms with E-state index in [4.69, 9.17) is 10.1 Å².